The zero-order valence-electron chi connectivity index (χ0n) is 11.7. The van der Waals surface area contributed by atoms with Gasteiger partial charge in [-0.25, -0.2) is 0 Å². The van der Waals surface area contributed by atoms with E-state index in [0.29, 0.717) is 5.69 Å². The minimum atomic E-state index is -4.46. The van der Waals surface area contributed by atoms with Gasteiger partial charge in [-0.3, -0.25) is 4.79 Å². The number of rotatable bonds is 4. The van der Waals surface area contributed by atoms with Gasteiger partial charge >= 0.3 is 6.18 Å². The van der Waals surface area contributed by atoms with Crippen molar-refractivity contribution in [2.75, 3.05) is 5.32 Å². The van der Waals surface area contributed by atoms with E-state index in [2.05, 4.69) is 5.32 Å². The van der Waals surface area contributed by atoms with E-state index in [1.165, 1.54) is 0 Å². The van der Waals surface area contributed by atoms with Gasteiger partial charge in [0, 0.05) is 5.69 Å². The molecule has 7 heteroatoms. The van der Waals surface area contributed by atoms with Crippen LogP contribution < -0.4 is 10.1 Å². The van der Waals surface area contributed by atoms with Crippen molar-refractivity contribution in [3.8, 4) is 11.8 Å². The lowest BCUT2D eigenvalue weighted by atomic mass is 10.2. The van der Waals surface area contributed by atoms with Crippen LogP contribution in [0.4, 0.5) is 18.9 Å². The van der Waals surface area contributed by atoms with E-state index in [-0.39, 0.29) is 5.75 Å². The van der Waals surface area contributed by atoms with Crippen molar-refractivity contribution in [3.63, 3.8) is 0 Å². The molecule has 1 amide bonds. The van der Waals surface area contributed by atoms with Crippen molar-refractivity contribution in [2.45, 2.75) is 12.3 Å². The van der Waals surface area contributed by atoms with Crippen LogP contribution in [0.15, 0.2) is 54.6 Å². The molecule has 23 heavy (non-hydrogen) atoms. The van der Waals surface area contributed by atoms with Crippen LogP contribution in [0.3, 0.4) is 0 Å². The fourth-order valence-electron chi connectivity index (χ4n) is 1.73. The van der Waals surface area contributed by atoms with Crippen LogP contribution >= 0.6 is 0 Å². The van der Waals surface area contributed by atoms with Gasteiger partial charge in [0.05, 0.1) is 5.56 Å². The van der Waals surface area contributed by atoms with Crippen molar-refractivity contribution in [3.05, 3.63) is 60.2 Å². The van der Waals surface area contributed by atoms with E-state index in [9.17, 15) is 18.0 Å². The fourth-order valence-corrected chi connectivity index (χ4v) is 1.73. The summed E-state index contributed by atoms with van der Waals surface area (Å²) >= 11 is 0. The Kier molecular flexibility index (Phi) is 4.86. The Hall–Kier alpha value is -3.01. The van der Waals surface area contributed by atoms with Gasteiger partial charge in [0.1, 0.15) is 11.8 Å². The number of nitrogens with zero attached hydrogens (tertiary/aromatic N) is 1. The predicted molar refractivity (Wildman–Crippen MR) is 76.5 cm³/mol. The molecule has 0 fully saturated rings. The summed E-state index contributed by atoms with van der Waals surface area (Å²) in [6, 6.07) is 13.8. The average Bonchev–Trinajstić information content (AvgIpc) is 2.53. The zero-order valence-corrected chi connectivity index (χ0v) is 11.7. The normalized spacial score (nSPS) is 12.1. The molecule has 1 atom stereocenters. The van der Waals surface area contributed by atoms with Crippen LogP contribution in [0.5, 0.6) is 5.75 Å². The number of amides is 1. The van der Waals surface area contributed by atoms with Crippen molar-refractivity contribution in [2.24, 2.45) is 0 Å². The van der Waals surface area contributed by atoms with Crippen LogP contribution in [-0.4, -0.2) is 12.0 Å². The molecule has 1 unspecified atom stereocenters. The average molecular weight is 320 g/mol. The molecule has 4 nitrogen and oxygen atoms in total. The number of carbonyl (C=O) groups excluding carboxylic acids is 1. The van der Waals surface area contributed by atoms with Crippen LogP contribution in [0.25, 0.3) is 0 Å². The molecule has 1 N–H and O–H groups in total. The lowest BCUT2D eigenvalue weighted by molar-refractivity contribution is -0.137. The maximum absolute atomic E-state index is 12.5. The molecular formula is C16H11F3N2O2. The maximum atomic E-state index is 12.5. The number of nitrogens with one attached hydrogen (secondary N) is 1. The van der Waals surface area contributed by atoms with Gasteiger partial charge in [-0.15, -0.1) is 0 Å². The molecule has 2 aromatic carbocycles. The maximum Gasteiger partial charge on any atom is 0.416 e. The zero-order chi connectivity index (χ0) is 16.9. The Morgan fingerprint density at radius 2 is 1.70 bits per heavy atom. The highest BCUT2D eigenvalue weighted by atomic mass is 19.4. The minimum absolute atomic E-state index is 0.00670. The van der Waals surface area contributed by atoms with Gasteiger partial charge < -0.3 is 10.1 Å². The van der Waals surface area contributed by atoms with E-state index < -0.39 is 23.8 Å². The fraction of sp³-hybridized carbons (Fsp3) is 0.125. The molecule has 0 bridgehead atoms. The third-order valence-corrected chi connectivity index (χ3v) is 2.83. The molecule has 0 aliphatic carbocycles. The van der Waals surface area contributed by atoms with Gasteiger partial charge in [0.15, 0.2) is 0 Å². The predicted octanol–water partition coefficient (Wildman–Crippen LogP) is 3.62. The molecule has 0 aromatic heterocycles. The van der Waals surface area contributed by atoms with Crippen molar-refractivity contribution in [1.82, 2.24) is 0 Å². The second-order valence-corrected chi connectivity index (χ2v) is 4.50. The summed E-state index contributed by atoms with van der Waals surface area (Å²) in [5.41, 5.74) is -0.360. The van der Waals surface area contributed by atoms with E-state index in [1.54, 1.807) is 36.4 Å². The summed E-state index contributed by atoms with van der Waals surface area (Å²) in [6.07, 6.45) is -5.94. The topological polar surface area (TPSA) is 62.1 Å². The summed E-state index contributed by atoms with van der Waals surface area (Å²) in [5.74, 6) is -0.716. The second-order valence-electron chi connectivity index (χ2n) is 4.50. The van der Waals surface area contributed by atoms with Crippen LogP contribution in [-0.2, 0) is 11.0 Å². The van der Waals surface area contributed by atoms with Crippen molar-refractivity contribution >= 4 is 11.6 Å². The first-order valence-electron chi connectivity index (χ1n) is 6.49. The highest BCUT2D eigenvalue weighted by Crippen LogP contribution is 2.30. The molecule has 0 heterocycles. The van der Waals surface area contributed by atoms with E-state index in [4.69, 9.17) is 10.00 Å². The lowest BCUT2D eigenvalue weighted by Gasteiger charge is -2.13. The quantitative estimate of drug-likeness (QED) is 0.936. The molecule has 0 radical (unpaired) electrons. The molecule has 118 valence electrons. The summed E-state index contributed by atoms with van der Waals surface area (Å²) in [6.45, 7) is 0. The van der Waals surface area contributed by atoms with E-state index >= 15 is 0 Å². The Morgan fingerprint density at radius 1 is 1.09 bits per heavy atom. The van der Waals surface area contributed by atoms with Gasteiger partial charge in [0.25, 0.3) is 12.0 Å². The first-order chi connectivity index (χ1) is 10.9. The number of carbonyl (C=O) groups is 1. The molecule has 0 spiro atoms. The van der Waals surface area contributed by atoms with Crippen molar-refractivity contribution in [1.29, 1.82) is 5.26 Å². The van der Waals surface area contributed by atoms with Gasteiger partial charge in [0.2, 0.25) is 0 Å². The second kappa shape index (κ2) is 6.83. The summed E-state index contributed by atoms with van der Waals surface area (Å²) in [4.78, 5) is 11.9. The Labute approximate surface area is 130 Å². The Bertz CT molecular complexity index is 707. The minimum Gasteiger partial charge on any atom is -0.466 e. The molecule has 2 rings (SSSR count). The third kappa shape index (κ3) is 4.48. The number of halogens is 3. The summed E-state index contributed by atoms with van der Waals surface area (Å²) in [5, 5.41) is 11.5. The smallest absolute Gasteiger partial charge is 0.416 e. The molecule has 0 aliphatic heterocycles. The van der Waals surface area contributed by atoms with Crippen LogP contribution in [0.1, 0.15) is 5.56 Å². The first-order valence-corrected chi connectivity index (χ1v) is 6.49. The summed E-state index contributed by atoms with van der Waals surface area (Å²) < 4.78 is 42.5. The number of para-hydroxylation sites is 1. The monoisotopic (exact) mass is 320 g/mol. The van der Waals surface area contributed by atoms with E-state index in [0.717, 1.165) is 24.3 Å². The molecule has 0 saturated heterocycles. The Balaban J connectivity index is 2.05. The van der Waals surface area contributed by atoms with Gasteiger partial charge in [-0.2, -0.15) is 18.4 Å². The van der Waals surface area contributed by atoms with Gasteiger partial charge in [-0.05, 0) is 36.4 Å². The largest absolute Gasteiger partial charge is 0.466 e. The molecule has 2 aromatic rings. The number of benzene rings is 2. The molecule has 0 saturated carbocycles. The Morgan fingerprint density at radius 3 is 2.22 bits per heavy atom. The van der Waals surface area contributed by atoms with Gasteiger partial charge in [-0.1, -0.05) is 18.2 Å². The number of ether oxygens (including phenoxy) is 1. The molecular weight excluding hydrogens is 309 g/mol. The number of hydrogen-bond acceptors (Lipinski definition) is 3. The lowest BCUT2D eigenvalue weighted by Crippen LogP contribution is -2.31. The highest BCUT2D eigenvalue weighted by Gasteiger charge is 2.30. The number of hydrogen-bond donors (Lipinski definition) is 1. The SMILES string of the molecule is N#CC(Oc1ccc(C(F)(F)F)cc1)C(=O)Nc1ccccc1. The van der Waals surface area contributed by atoms with Crippen LogP contribution in [0.2, 0.25) is 0 Å². The summed E-state index contributed by atoms with van der Waals surface area (Å²) in [7, 11) is 0. The van der Waals surface area contributed by atoms with Crippen LogP contribution in [0, 0.1) is 11.3 Å². The highest BCUT2D eigenvalue weighted by molar-refractivity contribution is 5.96. The molecule has 0 aliphatic rings. The standard InChI is InChI=1S/C16H11F3N2O2/c17-16(18,19)11-6-8-13(9-7-11)23-14(10-20)15(22)21-12-4-2-1-3-5-12/h1-9,14H,(H,21,22). The third-order valence-electron chi connectivity index (χ3n) is 2.83. The number of nitriles is 1. The van der Waals surface area contributed by atoms with E-state index in [1.807, 2.05) is 0 Å². The first kappa shape index (κ1) is 16.4. The number of anilines is 1. The van der Waals surface area contributed by atoms with Crippen molar-refractivity contribution < 1.29 is 22.7 Å². The number of alkyl halides is 3.